The van der Waals surface area contributed by atoms with Crippen LogP contribution in [-0.2, 0) is 6.54 Å². The molecule has 0 bridgehead atoms. The van der Waals surface area contributed by atoms with Crippen molar-refractivity contribution >= 4 is 34.4 Å². The molecule has 6 rings (SSSR count). The molecule has 1 fully saturated rings. The van der Waals surface area contributed by atoms with E-state index in [0.29, 0.717) is 24.0 Å². The second-order valence-corrected chi connectivity index (χ2v) is 11.4. The van der Waals surface area contributed by atoms with Gasteiger partial charge in [0.2, 0.25) is 0 Å². The molecular formula is C40H46FN7. The Labute approximate surface area is 282 Å². The number of allylic oxidation sites excluding steroid dienone is 2. The van der Waals surface area contributed by atoms with Gasteiger partial charge in [0, 0.05) is 34.8 Å². The van der Waals surface area contributed by atoms with Crippen LogP contribution in [0.25, 0.3) is 51.4 Å². The lowest BCUT2D eigenvalue weighted by molar-refractivity contribution is 0.622. The molecule has 1 aliphatic rings. The maximum absolute atomic E-state index is 14.6. The summed E-state index contributed by atoms with van der Waals surface area (Å²) in [7, 11) is 0. The van der Waals surface area contributed by atoms with E-state index in [1.807, 2.05) is 62.7 Å². The Hall–Kier alpha value is -5.34. The second kappa shape index (κ2) is 17.0. The molecule has 0 radical (unpaired) electrons. The number of aromatic nitrogens is 5. The van der Waals surface area contributed by atoms with E-state index in [9.17, 15) is 4.39 Å². The minimum atomic E-state index is -0.273. The van der Waals surface area contributed by atoms with Crippen LogP contribution in [0.1, 0.15) is 50.7 Å². The van der Waals surface area contributed by atoms with Crippen LogP contribution in [0.5, 0.6) is 0 Å². The Bertz CT molecular complexity index is 1990. The molecule has 2 aromatic carbocycles. The Balaban J connectivity index is 0.00000125. The molecule has 4 N–H and O–H groups in total. The van der Waals surface area contributed by atoms with Crippen molar-refractivity contribution < 1.29 is 4.39 Å². The monoisotopic (exact) mass is 643 g/mol. The van der Waals surface area contributed by atoms with Crippen molar-refractivity contribution in [1.82, 2.24) is 30.5 Å². The van der Waals surface area contributed by atoms with Gasteiger partial charge in [-0.1, -0.05) is 51.1 Å². The predicted octanol–water partition coefficient (Wildman–Crippen LogP) is 8.28. The smallest absolute Gasteiger partial charge is 0.159 e. The van der Waals surface area contributed by atoms with E-state index in [1.165, 1.54) is 25.7 Å². The number of benzene rings is 2. The average molecular weight is 644 g/mol. The molecule has 7 nitrogen and oxygen atoms in total. The van der Waals surface area contributed by atoms with E-state index in [1.54, 1.807) is 12.1 Å². The van der Waals surface area contributed by atoms with E-state index < -0.39 is 0 Å². The molecule has 3 aromatic heterocycles. The number of hydrogen-bond acceptors (Lipinski definition) is 5. The van der Waals surface area contributed by atoms with Crippen molar-refractivity contribution in [1.29, 1.82) is 0 Å². The summed E-state index contributed by atoms with van der Waals surface area (Å²) < 4.78 is 14.6. The molecule has 5 aromatic rings. The van der Waals surface area contributed by atoms with Crippen LogP contribution < -0.4 is 21.2 Å². The van der Waals surface area contributed by atoms with E-state index in [4.69, 9.17) is 4.98 Å². The van der Waals surface area contributed by atoms with Crippen molar-refractivity contribution in [3.8, 4) is 22.6 Å². The lowest BCUT2D eigenvalue weighted by Gasteiger charge is -2.16. The highest BCUT2D eigenvalue weighted by Crippen LogP contribution is 2.32. The molecule has 248 valence electrons. The third kappa shape index (κ3) is 8.14. The molecule has 0 atom stereocenters. The summed E-state index contributed by atoms with van der Waals surface area (Å²) in [5.74, 6) is 0.849. The summed E-state index contributed by atoms with van der Waals surface area (Å²) in [5, 5.41) is 16.2. The number of anilines is 1. The first-order chi connectivity index (χ1) is 23.4. The Kier molecular flexibility index (Phi) is 12.6. The summed E-state index contributed by atoms with van der Waals surface area (Å²) in [6.45, 7) is 26.1. The Morgan fingerprint density at radius 2 is 1.81 bits per heavy atom. The number of rotatable bonds is 10. The molecular weight excluding hydrogens is 597 g/mol. The van der Waals surface area contributed by atoms with E-state index in [2.05, 4.69) is 76.3 Å². The number of halogens is 1. The molecule has 48 heavy (non-hydrogen) atoms. The van der Waals surface area contributed by atoms with Gasteiger partial charge in [0.15, 0.2) is 5.82 Å². The van der Waals surface area contributed by atoms with Gasteiger partial charge < -0.3 is 15.6 Å². The van der Waals surface area contributed by atoms with E-state index in [0.717, 1.165) is 67.4 Å². The molecule has 0 amide bonds. The molecule has 1 aliphatic carbocycles. The lowest BCUT2D eigenvalue weighted by atomic mass is 10.0. The summed E-state index contributed by atoms with van der Waals surface area (Å²) in [5.41, 5.74) is 8.43. The molecule has 0 aliphatic heterocycles. The molecule has 0 spiro atoms. The first-order valence-electron chi connectivity index (χ1n) is 16.3. The fraction of sp³-hybridized carbons (Fsp3) is 0.225. The fourth-order valence-electron chi connectivity index (χ4n) is 5.97. The third-order valence-electron chi connectivity index (χ3n) is 8.29. The number of pyridine rings is 1. The standard InChI is InChI=1S/C36H38FN7.2C2H4/c1-5-32-31(14-22(3)27-18-29(21-39-20-27)40-23(4)25-10-7-8-11-25)35(44-43-32)36-41-33-13-9-12-30(34(33)42-36)26-15-24(19-38-6-2)16-28(37)17-26;2*1-2/h5,9,12-18,20-21,25,38,40,43H,3-4,6-8,10-11,19H2,1-2H3,(H,41,42);2*1-2H2/b31-14+,32-5+;;. The van der Waals surface area contributed by atoms with Crippen molar-refractivity contribution in [2.45, 2.75) is 46.1 Å². The largest absolute Gasteiger partial charge is 0.358 e. The van der Waals surface area contributed by atoms with Crippen LogP contribution >= 0.6 is 0 Å². The van der Waals surface area contributed by atoms with E-state index in [-0.39, 0.29) is 5.82 Å². The summed E-state index contributed by atoms with van der Waals surface area (Å²) in [6.07, 6.45) is 12.5. The zero-order chi connectivity index (χ0) is 34.6. The molecule has 1 saturated carbocycles. The predicted molar refractivity (Wildman–Crippen MR) is 201 cm³/mol. The molecule has 0 unspecified atom stereocenters. The van der Waals surface area contributed by atoms with Crippen LogP contribution in [0, 0.1) is 11.7 Å². The third-order valence-corrected chi connectivity index (χ3v) is 8.29. The molecule has 0 saturated heterocycles. The van der Waals surface area contributed by atoms with Gasteiger partial charge in [-0.2, -0.15) is 5.10 Å². The topological polar surface area (TPSA) is 94.3 Å². The number of nitrogens with one attached hydrogen (secondary N) is 4. The quantitative estimate of drug-likeness (QED) is 0.115. The van der Waals surface area contributed by atoms with Crippen molar-refractivity contribution in [2.75, 3.05) is 11.9 Å². The average Bonchev–Trinajstić information content (AvgIpc) is 3.89. The first-order valence-corrected chi connectivity index (χ1v) is 16.3. The SMILES string of the molecule is C=C.C=C.C=C(/C=c1/c(-c2nc3c(-c4cc(F)cc(CNCC)c4)cccc3[nH]2)n[nH]/c1=C/C)c1cncc(NC(=C)C2CCCC2)c1. The van der Waals surface area contributed by atoms with E-state index >= 15 is 0 Å². The first kappa shape index (κ1) is 35.5. The maximum atomic E-state index is 14.6. The van der Waals surface area contributed by atoms with Gasteiger partial charge in [-0.15, -0.1) is 26.3 Å². The minimum Gasteiger partial charge on any atom is -0.358 e. The number of aromatic amines is 2. The van der Waals surface area contributed by atoms with Crippen molar-refractivity contribution in [2.24, 2.45) is 5.92 Å². The van der Waals surface area contributed by atoms with Crippen LogP contribution in [0.3, 0.4) is 0 Å². The fourth-order valence-corrected chi connectivity index (χ4v) is 5.97. The summed E-state index contributed by atoms with van der Waals surface area (Å²) in [6, 6.07) is 13.1. The number of imidazole rings is 1. The highest BCUT2D eigenvalue weighted by molar-refractivity contribution is 5.94. The minimum absolute atomic E-state index is 0.273. The number of nitrogens with zero attached hydrogens (tertiary/aromatic N) is 3. The summed E-state index contributed by atoms with van der Waals surface area (Å²) >= 11 is 0. The number of para-hydroxylation sites is 1. The Morgan fingerprint density at radius 3 is 2.54 bits per heavy atom. The zero-order valence-corrected chi connectivity index (χ0v) is 28.1. The van der Waals surface area contributed by atoms with Gasteiger partial charge in [-0.25, -0.2) is 9.37 Å². The van der Waals surface area contributed by atoms with Gasteiger partial charge in [0.05, 0.1) is 28.3 Å². The van der Waals surface area contributed by atoms with Crippen LogP contribution in [0.2, 0.25) is 0 Å². The number of hydrogen-bond donors (Lipinski definition) is 4. The number of fused-ring (bicyclic) bond motifs is 1. The molecule has 3 heterocycles. The van der Waals surface area contributed by atoms with Crippen molar-refractivity contribution in [3.63, 3.8) is 0 Å². The normalized spacial score (nSPS) is 13.5. The van der Waals surface area contributed by atoms with Gasteiger partial charge in [0.1, 0.15) is 11.5 Å². The van der Waals surface area contributed by atoms with Crippen LogP contribution in [0.15, 0.2) is 100 Å². The van der Waals surface area contributed by atoms with Crippen LogP contribution in [0.4, 0.5) is 10.1 Å². The van der Waals surface area contributed by atoms with Gasteiger partial charge in [-0.3, -0.25) is 10.1 Å². The molecule has 8 heteroatoms. The van der Waals surface area contributed by atoms with Crippen LogP contribution in [-0.4, -0.2) is 31.7 Å². The second-order valence-electron chi connectivity index (χ2n) is 11.4. The van der Waals surface area contributed by atoms with Gasteiger partial charge in [0.25, 0.3) is 0 Å². The number of H-pyrrole nitrogens is 2. The van der Waals surface area contributed by atoms with Gasteiger partial charge >= 0.3 is 0 Å². The van der Waals surface area contributed by atoms with Crippen molar-refractivity contribution in [3.05, 3.63) is 128 Å². The highest BCUT2D eigenvalue weighted by atomic mass is 19.1. The lowest BCUT2D eigenvalue weighted by Crippen LogP contribution is -2.23. The Morgan fingerprint density at radius 1 is 1.04 bits per heavy atom. The maximum Gasteiger partial charge on any atom is 0.159 e. The zero-order valence-electron chi connectivity index (χ0n) is 28.1. The van der Waals surface area contributed by atoms with Gasteiger partial charge in [-0.05, 0) is 85.3 Å². The summed E-state index contributed by atoms with van der Waals surface area (Å²) in [4.78, 5) is 12.9. The highest BCUT2D eigenvalue weighted by Gasteiger charge is 2.19.